The standard InChI is InChI=1S/C36H47F3N2O3/c1-5-7-8-9-10-11-12-15-23-36(4,39)35(42)43-29-21-19-27(20-22-29)28-24-40-34(41-25-28)30-17-13-14-18-31(30)44-32(16-6-2)33(38)26(3)37/h13-14,17-22,24-26,32-33H,5-12,15-16,23H2,1-4H3. The first-order valence-electron chi connectivity index (χ1n) is 16.0. The maximum Gasteiger partial charge on any atom is 0.348 e. The van der Waals surface area contributed by atoms with Crippen LogP contribution in [0.15, 0.2) is 60.9 Å². The Kier molecular flexibility index (Phi) is 14.2. The first-order valence-corrected chi connectivity index (χ1v) is 16.0. The third kappa shape index (κ3) is 10.6. The fourth-order valence-electron chi connectivity index (χ4n) is 5.02. The summed E-state index contributed by atoms with van der Waals surface area (Å²) in [6, 6.07) is 13.8. The van der Waals surface area contributed by atoms with Crippen LogP contribution in [-0.2, 0) is 4.79 Å². The van der Waals surface area contributed by atoms with Crippen LogP contribution in [0.25, 0.3) is 22.5 Å². The van der Waals surface area contributed by atoms with Crippen LogP contribution in [0.3, 0.4) is 0 Å². The lowest BCUT2D eigenvalue weighted by Gasteiger charge is -2.24. The van der Waals surface area contributed by atoms with Crippen molar-refractivity contribution in [3.63, 3.8) is 0 Å². The molecule has 0 bridgehead atoms. The smallest absolute Gasteiger partial charge is 0.348 e. The van der Waals surface area contributed by atoms with E-state index >= 15 is 4.39 Å². The van der Waals surface area contributed by atoms with Gasteiger partial charge in [0.2, 0.25) is 5.67 Å². The van der Waals surface area contributed by atoms with Crippen molar-refractivity contribution in [2.75, 3.05) is 0 Å². The molecule has 0 radical (unpaired) electrons. The third-order valence-corrected chi connectivity index (χ3v) is 7.75. The van der Waals surface area contributed by atoms with Crippen molar-refractivity contribution < 1.29 is 27.4 Å². The molecule has 1 heterocycles. The van der Waals surface area contributed by atoms with Gasteiger partial charge in [-0.25, -0.2) is 27.9 Å². The van der Waals surface area contributed by atoms with E-state index < -0.39 is 30.1 Å². The van der Waals surface area contributed by atoms with Crippen molar-refractivity contribution in [2.24, 2.45) is 0 Å². The van der Waals surface area contributed by atoms with E-state index in [0.29, 0.717) is 42.0 Å². The maximum absolute atomic E-state index is 15.0. The molecule has 0 saturated carbocycles. The second-order valence-corrected chi connectivity index (χ2v) is 11.7. The van der Waals surface area contributed by atoms with Gasteiger partial charge in [0, 0.05) is 18.0 Å². The Morgan fingerprint density at radius 3 is 2.07 bits per heavy atom. The van der Waals surface area contributed by atoms with Crippen LogP contribution >= 0.6 is 0 Å². The van der Waals surface area contributed by atoms with Crippen LogP contribution in [0.5, 0.6) is 11.5 Å². The summed E-state index contributed by atoms with van der Waals surface area (Å²) in [5.74, 6) is 0.142. The highest BCUT2D eigenvalue weighted by Crippen LogP contribution is 2.31. The summed E-state index contributed by atoms with van der Waals surface area (Å²) in [6.45, 7) is 6.56. The largest absolute Gasteiger partial charge is 0.487 e. The molecule has 0 aliphatic carbocycles. The van der Waals surface area contributed by atoms with Gasteiger partial charge in [-0.05, 0) is 62.9 Å². The predicted molar refractivity (Wildman–Crippen MR) is 170 cm³/mol. The molecule has 0 amide bonds. The summed E-state index contributed by atoms with van der Waals surface area (Å²) in [5, 5.41) is 0. The van der Waals surface area contributed by atoms with E-state index in [4.69, 9.17) is 9.47 Å². The summed E-state index contributed by atoms with van der Waals surface area (Å²) < 4.78 is 54.6. The summed E-state index contributed by atoms with van der Waals surface area (Å²) in [5.41, 5.74) is 0.0236. The minimum Gasteiger partial charge on any atom is -0.487 e. The predicted octanol–water partition coefficient (Wildman–Crippen LogP) is 10.2. The second kappa shape index (κ2) is 17.8. The molecule has 44 heavy (non-hydrogen) atoms. The van der Waals surface area contributed by atoms with Gasteiger partial charge in [-0.2, -0.15) is 0 Å². The SMILES string of the molecule is CCCCCCCCCCC(C)(F)C(=O)Oc1ccc(-c2cnc(-c3ccccc3OC(CCC)C(F)C(C)F)nc2)cc1. The number of unbranched alkanes of at least 4 members (excludes halogenated alkanes) is 7. The number of hydrogen-bond acceptors (Lipinski definition) is 5. The highest BCUT2D eigenvalue weighted by atomic mass is 19.2. The first kappa shape index (κ1) is 35.1. The van der Waals surface area contributed by atoms with Crippen molar-refractivity contribution in [1.82, 2.24) is 9.97 Å². The van der Waals surface area contributed by atoms with Gasteiger partial charge in [0.15, 0.2) is 12.0 Å². The fourth-order valence-corrected chi connectivity index (χ4v) is 5.02. The van der Waals surface area contributed by atoms with Gasteiger partial charge in [-0.3, -0.25) is 0 Å². The Balaban J connectivity index is 1.59. The Labute approximate surface area is 260 Å². The normalized spacial score (nSPS) is 14.8. The van der Waals surface area contributed by atoms with E-state index in [9.17, 15) is 13.6 Å². The maximum atomic E-state index is 15.0. The summed E-state index contributed by atoms with van der Waals surface area (Å²) in [6.07, 6.45) is 8.82. The minimum absolute atomic E-state index is 0.138. The number of halogens is 3. The molecule has 3 rings (SSSR count). The molecule has 8 heteroatoms. The molecule has 0 aliphatic heterocycles. The summed E-state index contributed by atoms with van der Waals surface area (Å²) in [4.78, 5) is 21.5. The molecule has 0 saturated heterocycles. The number of nitrogens with zero attached hydrogens (tertiary/aromatic N) is 2. The lowest BCUT2D eigenvalue weighted by atomic mass is 9.99. The molecule has 5 nitrogen and oxygen atoms in total. The van der Waals surface area contributed by atoms with Gasteiger partial charge in [0.05, 0.1) is 5.56 Å². The van der Waals surface area contributed by atoms with Crippen LogP contribution in [0.4, 0.5) is 13.2 Å². The number of rotatable bonds is 19. The number of carbonyl (C=O) groups excluding carboxylic acids is 1. The van der Waals surface area contributed by atoms with E-state index in [1.165, 1.54) is 39.5 Å². The van der Waals surface area contributed by atoms with Crippen LogP contribution in [0, 0.1) is 0 Å². The number of ether oxygens (including phenoxy) is 2. The number of benzene rings is 2. The Morgan fingerprint density at radius 2 is 1.45 bits per heavy atom. The number of carbonyl (C=O) groups is 1. The fraction of sp³-hybridized carbons (Fsp3) is 0.528. The molecule has 0 fully saturated rings. The Bertz CT molecular complexity index is 1270. The number of hydrogen-bond donors (Lipinski definition) is 0. The topological polar surface area (TPSA) is 61.3 Å². The monoisotopic (exact) mass is 612 g/mol. The molecule has 3 aromatic rings. The van der Waals surface area contributed by atoms with Gasteiger partial charge in [0.25, 0.3) is 0 Å². The van der Waals surface area contributed by atoms with Gasteiger partial charge >= 0.3 is 5.97 Å². The van der Waals surface area contributed by atoms with Crippen molar-refractivity contribution in [3.8, 4) is 34.0 Å². The van der Waals surface area contributed by atoms with Gasteiger partial charge in [-0.1, -0.05) is 89.5 Å². The Hall–Kier alpha value is -3.42. The molecule has 0 aliphatic rings. The molecular weight excluding hydrogens is 565 g/mol. The highest BCUT2D eigenvalue weighted by molar-refractivity contribution is 5.81. The average molecular weight is 613 g/mol. The zero-order valence-corrected chi connectivity index (χ0v) is 26.5. The third-order valence-electron chi connectivity index (χ3n) is 7.75. The average Bonchev–Trinajstić information content (AvgIpc) is 3.02. The first-order chi connectivity index (χ1) is 21.2. The van der Waals surface area contributed by atoms with Gasteiger partial charge in [0.1, 0.15) is 23.8 Å². The van der Waals surface area contributed by atoms with Gasteiger partial charge < -0.3 is 9.47 Å². The van der Waals surface area contributed by atoms with Crippen LogP contribution in [-0.4, -0.2) is 40.1 Å². The van der Waals surface area contributed by atoms with Crippen molar-refractivity contribution in [1.29, 1.82) is 0 Å². The number of esters is 1. The van der Waals surface area contributed by atoms with Crippen molar-refractivity contribution in [3.05, 3.63) is 60.9 Å². The summed E-state index contributed by atoms with van der Waals surface area (Å²) in [7, 11) is 0. The zero-order valence-electron chi connectivity index (χ0n) is 26.5. The molecule has 1 aromatic heterocycles. The molecule has 4 atom stereocenters. The molecule has 4 unspecified atom stereocenters. The van der Waals surface area contributed by atoms with Crippen molar-refractivity contribution >= 4 is 5.97 Å². The molecular formula is C36H47F3N2O3. The molecule has 0 spiro atoms. The van der Waals surface area contributed by atoms with E-state index in [1.807, 2.05) is 6.92 Å². The molecule has 240 valence electrons. The Morgan fingerprint density at radius 1 is 0.841 bits per heavy atom. The lowest BCUT2D eigenvalue weighted by Crippen LogP contribution is -2.34. The van der Waals surface area contributed by atoms with E-state index in [0.717, 1.165) is 24.8 Å². The quantitative estimate of drug-likeness (QED) is 0.0766. The minimum atomic E-state index is -2.05. The van der Waals surface area contributed by atoms with E-state index in [2.05, 4.69) is 16.9 Å². The van der Waals surface area contributed by atoms with Crippen molar-refractivity contribution in [2.45, 2.75) is 122 Å². The zero-order chi connectivity index (χ0) is 32.0. The molecule has 0 N–H and O–H groups in total. The number of para-hydroxylation sites is 1. The lowest BCUT2D eigenvalue weighted by molar-refractivity contribution is -0.147. The van der Waals surface area contributed by atoms with Gasteiger partial charge in [-0.15, -0.1) is 0 Å². The van der Waals surface area contributed by atoms with Crippen LogP contribution < -0.4 is 9.47 Å². The highest BCUT2D eigenvalue weighted by Gasteiger charge is 2.34. The van der Waals surface area contributed by atoms with Crippen LogP contribution in [0.1, 0.15) is 98.3 Å². The van der Waals surface area contributed by atoms with E-state index in [-0.39, 0.29) is 12.2 Å². The van der Waals surface area contributed by atoms with Crippen LogP contribution in [0.2, 0.25) is 0 Å². The summed E-state index contributed by atoms with van der Waals surface area (Å²) >= 11 is 0. The molecule has 2 aromatic carbocycles. The second-order valence-electron chi connectivity index (χ2n) is 11.7. The van der Waals surface area contributed by atoms with E-state index in [1.54, 1.807) is 60.9 Å². The number of aromatic nitrogens is 2. The number of alkyl halides is 3.